The molecule has 6 nitrogen and oxygen atoms in total. The van der Waals surface area contributed by atoms with Crippen molar-refractivity contribution in [3.63, 3.8) is 0 Å². The van der Waals surface area contributed by atoms with E-state index >= 15 is 0 Å². The van der Waals surface area contributed by atoms with Crippen LogP contribution in [0.25, 0.3) is 0 Å². The van der Waals surface area contributed by atoms with Gasteiger partial charge in [-0.25, -0.2) is 0 Å². The molecule has 0 aliphatic carbocycles. The Morgan fingerprint density at radius 1 is 1.24 bits per heavy atom. The van der Waals surface area contributed by atoms with Crippen LogP contribution in [0.5, 0.6) is 5.75 Å². The highest BCUT2D eigenvalue weighted by molar-refractivity contribution is 7.10. The third-order valence-corrected chi connectivity index (χ3v) is 4.46. The lowest BCUT2D eigenvalue weighted by Crippen LogP contribution is -2.31. The third kappa shape index (κ3) is 5.49. The van der Waals surface area contributed by atoms with Gasteiger partial charge in [-0.3, -0.25) is 9.59 Å². The van der Waals surface area contributed by atoms with Gasteiger partial charge >= 0.3 is 0 Å². The second-order valence-electron chi connectivity index (χ2n) is 5.90. The molecule has 134 valence electrons. The molecule has 0 fully saturated rings. The molecule has 0 aliphatic rings. The minimum atomic E-state index is -0.574. The highest BCUT2D eigenvalue weighted by Gasteiger charge is 2.13. The van der Waals surface area contributed by atoms with Crippen LogP contribution in [0.2, 0.25) is 0 Å². The van der Waals surface area contributed by atoms with E-state index in [-0.39, 0.29) is 30.2 Å². The molecule has 25 heavy (non-hydrogen) atoms. The number of carbonyl (C=O) groups excluding carboxylic acids is 2. The van der Waals surface area contributed by atoms with Crippen molar-refractivity contribution in [2.75, 3.05) is 11.9 Å². The van der Waals surface area contributed by atoms with Gasteiger partial charge in [0.1, 0.15) is 5.75 Å². The van der Waals surface area contributed by atoms with Crippen LogP contribution in [-0.4, -0.2) is 24.5 Å². The van der Waals surface area contributed by atoms with E-state index in [0.717, 1.165) is 4.88 Å². The number of ether oxygens (including phenoxy) is 1. The van der Waals surface area contributed by atoms with Crippen molar-refractivity contribution in [2.45, 2.75) is 32.9 Å². The molecule has 7 heteroatoms. The third-order valence-electron chi connectivity index (χ3n) is 3.41. The average Bonchev–Trinajstić information content (AvgIpc) is 3.07. The van der Waals surface area contributed by atoms with Crippen molar-refractivity contribution in [2.24, 2.45) is 5.73 Å². The van der Waals surface area contributed by atoms with Crippen LogP contribution in [-0.2, 0) is 4.79 Å². The van der Waals surface area contributed by atoms with E-state index in [1.54, 1.807) is 29.5 Å². The topological polar surface area (TPSA) is 93.4 Å². The number of amides is 2. The number of rotatable bonds is 8. The van der Waals surface area contributed by atoms with Gasteiger partial charge in [-0.1, -0.05) is 6.07 Å². The van der Waals surface area contributed by atoms with E-state index in [1.807, 2.05) is 38.3 Å². The SMILES string of the molecule is CC(C)Oc1ccc(NCC(=O)NC(C)c2cccs2)cc1C(N)=O. The molecule has 2 rings (SSSR count). The molecule has 1 heterocycles. The highest BCUT2D eigenvalue weighted by atomic mass is 32.1. The number of nitrogens with two attached hydrogens (primary N) is 1. The lowest BCUT2D eigenvalue weighted by Gasteiger charge is -2.15. The Kier molecular flexibility index (Phi) is 6.41. The number of nitrogens with one attached hydrogen (secondary N) is 2. The maximum Gasteiger partial charge on any atom is 0.252 e. The Hall–Kier alpha value is -2.54. The van der Waals surface area contributed by atoms with E-state index in [0.29, 0.717) is 11.4 Å². The molecule has 2 aromatic rings. The zero-order valence-corrected chi connectivity index (χ0v) is 15.4. The first-order valence-electron chi connectivity index (χ1n) is 8.04. The van der Waals surface area contributed by atoms with Gasteiger partial charge in [0.05, 0.1) is 24.3 Å². The van der Waals surface area contributed by atoms with E-state index in [1.165, 1.54) is 0 Å². The Balaban J connectivity index is 1.97. The fourth-order valence-corrected chi connectivity index (χ4v) is 3.01. The fourth-order valence-electron chi connectivity index (χ4n) is 2.27. The molecule has 0 saturated heterocycles. The van der Waals surface area contributed by atoms with Gasteiger partial charge in [-0.05, 0) is 50.4 Å². The number of thiophene rings is 1. The average molecular weight is 361 g/mol. The van der Waals surface area contributed by atoms with Crippen molar-refractivity contribution >= 4 is 28.8 Å². The first kappa shape index (κ1) is 18.8. The first-order valence-corrected chi connectivity index (χ1v) is 8.92. The molecule has 0 aliphatic heterocycles. The van der Waals surface area contributed by atoms with Crippen molar-refractivity contribution in [1.82, 2.24) is 5.32 Å². The molecule has 2 amide bonds. The molecule has 0 saturated carbocycles. The van der Waals surface area contributed by atoms with Gasteiger partial charge in [0.15, 0.2) is 0 Å². The van der Waals surface area contributed by atoms with Crippen LogP contribution in [0.1, 0.15) is 42.0 Å². The molecule has 1 aromatic carbocycles. The van der Waals surface area contributed by atoms with Gasteiger partial charge in [-0.15, -0.1) is 11.3 Å². The Bertz CT molecular complexity index is 729. The summed E-state index contributed by atoms with van der Waals surface area (Å²) < 4.78 is 5.57. The van der Waals surface area contributed by atoms with Crippen LogP contribution in [0, 0.1) is 0 Å². The quantitative estimate of drug-likeness (QED) is 0.674. The minimum Gasteiger partial charge on any atom is -0.490 e. The smallest absolute Gasteiger partial charge is 0.252 e. The molecule has 0 bridgehead atoms. The van der Waals surface area contributed by atoms with Gasteiger partial charge in [0, 0.05) is 10.6 Å². The van der Waals surface area contributed by atoms with Crippen molar-refractivity contribution in [1.29, 1.82) is 0 Å². The maximum atomic E-state index is 12.1. The minimum absolute atomic E-state index is 0.0442. The first-order chi connectivity index (χ1) is 11.9. The summed E-state index contributed by atoms with van der Waals surface area (Å²) >= 11 is 1.60. The van der Waals surface area contributed by atoms with Crippen LogP contribution in [0.15, 0.2) is 35.7 Å². The van der Waals surface area contributed by atoms with Gasteiger partial charge in [-0.2, -0.15) is 0 Å². The Morgan fingerprint density at radius 2 is 2.00 bits per heavy atom. The van der Waals surface area contributed by atoms with E-state index in [9.17, 15) is 9.59 Å². The summed E-state index contributed by atoms with van der Waals surface area (Å²) in [6.07, 6.45) is -0.0681. The normalized spacial score (nSPS) is 11.8. The summed E-state index contributed by atoms with van der Waals surface area (Å²) in [7, 11) is 0. The fraction of sp³-hybridized carbons (Fsp3) is 0.333. The zero-order valence-electron chi connectivity index (χ0n) is 14.5. The molecular formula is C18H23N3O3S. The number of benzene rings is 1. The maximum absolute atomic E-state index is 12.1. The molecule has 0 spiro atoms. The zero-order chi connectivity index (χ0) is 18.4. The summed E-state index contributed by atoms with van der Waals surface area (Å²) in [5, 5.41) is 7.89. The number of hydrogen-bond acceptors (Lipinski definition) is 5. The summed E-state index contributed by atoms with van der Waals surface area (Å²) in [5.74, 6) is -0.275. The van der Waals surface area contributed by atoms with E-state index < -0.39 is 5.91 Å². The van der Waals surface area contributed by atoms with E-state index in [4.69, 9.17) is 10.5 Å². The summed E-state index contributed by atoms with van der Waals surface area (Å²) in [6, 6.07) is 8.91. The predicted octanol–water partition coefficient (Wildman–Crippen LogP) is 2.92. The molecule has 1 unspecified atom stereocenters. The largest absolute Gasteiger partial charge is 0.490 e. The van der Waals surface area contributed by atoms with Crippen molar-refractivity contribution < 1.29 is 14.3 Å². The van der Waals surface area contributed by atoms with Crippen LogP contribution >= 0.6 is 11.3 Å². The van der Waals surface area contributed by atoms with Gasteiger partial charge in [0.2, 0.25) is 5.91 Å². The second-order valence-corrected chi connectivity index (χ2v) is 6.88. The van der Waals surface area contributed by atoms with Gasteiger partial charge in [0.25, 0.3) is 5.91 Å². The lowest BCUT2D eigenvalue weighted by atomic mass is 10.1. The summed E-state index contributed by atoms with van der Waals surface area (Å²) in [5.41, 5.74) is 6.32. The van der Waals surface area contributed by atoms with Crippen LogP contribution in [0.4, 0.5) is 5.69 Å². The van der Waals surface area contributed by atoms with Crippen molar-refractivity contribution in [3.8, 4) is 5.75 Å². The number of hydrogen-bond donors (Lipinski definition) is 3. The number of primary amides is 1. The predicted molar refractivity (Wildman–Crippen MR) is 100 cm³/mol. The molecule has 0 radical (unpaired) electrons. The lowest BCUT2D eigenvalue weighted by molar-refractivity contribution is -0.120. The second kappa shape index (κ2) is 8.53. The highest BCUT2D eigenvalue weighted by Crippen LogP contribution is 2.23. The van der Waals surface area contributed by atoms with Crippen LogP contribution in [0.3, 0.4) is 0 Å². The van der Waals surface area contributed by atoms with E-state index in [2.05, 4.69) is 10.6 Å². The molecule has 1 atom stereocenters. The van der Waals surface area contributed by atoms with Gasteiger partial charge < -0.3 is 21.1 Å². The monoisotopic (exact) mass is 361 g/mol. The van der Waals surface area contributed by atoms with Crippen LogP contribution < -0.4 is 21.1 Å². The van der Waals surface area contributed by atoms with Crippen molar-refractivity contribution in [3.05, 3.63) is 46.2 Å². The summed E-state index contributed by atoms with van der Waals surface area (Å²) in [6.45, 7) is 5.78. The summed E-state index contributed by atoms with van der Waals surface area (Å²) in [4.78, 5) is 24.8. The Labute approximate surface area is 151 Å². The standard InChI is InChI=1S/C18H23N3O3S/c1-11(2)24-15-7-6-13(9-14(15)18(19)23)20-10-17(22)21-12(3)16-5-4-8-25-16/h4-9,11-12,20H,10H2,1-3H3,(H2,19,23)(H,21,22). The molecule has 1 aromatic heterocycles. The number of carbonyl (C=O) groups is 2. The number of anilines is 1. The molecule has 4 N–H and O–H groups in total. The Morgan fingerprint density at radius 3 is 2.60 bits per heavy atom. The molecular weight excluding hydrogens is 338 g/mol.